The Labute approximate surface area is 171 Å². The number of halogens is 3. The average Bonchev–Trinajstić information content (AvgIpc) is 2.89. The van der Waals surface area contributed by atoms with E-state index in [1.165, 1.54) is 12.1 Å². The van der Waals surface area contributed by atoms with Gasteiger partial charge in [0.1, 0.15) is 5.82 Å². The van der Waals surface area contributed by atoms with Crippen LogP contribution in [-0.2, 0) is 13.0 Å². The second kappa shape index (κ2) is 11.0. The quantitative estimate of drug-likeness (QED) is 0.336. The molecule has 0 unspecified atom stereocenters. The van der Waals surface area contributed by atoms with Crippen molar-refractivity contribution in [1.29, 1.82) is 0 Å². The first kappa shape index (κ1) is 21.3. The Hall–Kier alpha value is -0.740. The van der Waals surface area contributed by atoms with E-state index >= 15 is 0 Å². The number of aromatic nitrogens is 1. The third kappa shape index (κ3) is 7.43. The van der Waals surface area contributed by atoms with Gasteiger partial charge < -0.3 is 10.6 Å². The highest BCUT2D eigenvalue weighted by Crippen LogP contribution is 2.15. The van der Waals surface area contributed by atoms with Gasteiger partial charge in [0.2, 0.25) is 0 Å². The van der Waals surface area contributed by atoms with Crippen molar-refractivity contribution in [2.75, 3.05) is 13.1 Å². The van der Waals surface area contributed by atoms with Gasteiger partial charge in [-0.05, 0) is 37.6 Å². The van der Waals surface area contributed by atoms with Crippen LogP contribution in [0.25, 0.3) is 0 Å². The third-order valence-corrected chi connectivity index (χ3v) is 4.31. The number of rotatable bonds is 6. The van der Waals surface area contributed by atoms with Crippen LogP contribution in [0.5, 0.6) is 0 Å². The normalized spacial score (nSPS) is 11.1. The molecule has 24 heavy (non-hydrogen) atoms. The molecule has 2 aromatic rings. The standard InChI is InChI=1S/C16H20BrFN4S.HI/c1-3-19-16(20-5-4-15-10-23-11(2)22-15)21-9-12-6-13(17)8-14(18)7-12;/h6-8,10H,3-5,9H2,1-2H3,(H2,19,20,21);1H. The molecule has 0 bridgehead atoms. The van der Waals surface area contributed by atoms with E-state index in [9.17, 15) is 4.39 Å². The lowest BCUT2D eigenvalue weighted by molar-refractivity contribution is 0.624. The predicted octanol–water partition coefficient (Wildman–Crippen LogP) is 4.27. The summed E-state index contributed by atoms with van der Waals surface area (Å²) in [5.74, 6) is 0.460. The summed E-state index contributed by atoms with van der Waals surface area (Å²) in [6, 6.07) is 4.80. The molecule has 2 rings (SSSR count). The third-order valence-electron chi connectivity index (χ3n) is 3.03. The Bertz CT molecular complexity index is 658. The van der Waals surface area contributed by atoms with E-state index in [1.807, 2.05) is 19.9 Å². The topological polar surface area (TPSA) is 49.3 Å². The number of thiazole rings is 1. The van der Waals surface area contributed by atoms with Crippen molar-refractivity contribution in [3.63, 3.8) is 0 Å². The van der Waals surface area contributed by atoms with Gasteiger partial charge in [-0.15, -0.1) is 35.3 Å². The minimum atomic E-state index is -0.263. The highest BCUT2D eigenvalue weighted by atomic mass is 127. The van der Waals surface area contributed by atoms with Crippen molar-refractivity contribution in [2.45, 2.75) is 26.8 Å². The summed E-state index contributed by atoms with van der Waals surface area (Å²) < 4.78 is 14.1. The van der Waals surface area contributed by atoms with Crippen LogP contribution in [0, 0.1) is 12.7 Å². The van der Waals surface area contributed by atoms with Crippen molar-refractivity contribution < 1.29 is 4.39 Å². The summed E-state index contributed by atoms with van der Waals surface area (Å²) in [6.07, 6.45) is 0.847. The Morgan fingerprint density at radius 1 is 1.33 bits per heavy atom. The first-order chi connectivity index (χ1) is 11.1. The van der Waals surface area contributed by atoms with Crippen molar-refractivity contribution in [2.24, 2.45) is 4.99 Å². The van der Waals surface area contributed by atoms with Gasteiger partial charge in [0.15, 0.2) is 5.96 Å². The molecule has 1 aromatic carbocycles. The molecule has 0 aliphatic carbocycles. The van der Waals surface area contributed by atoms with E-state index in [-0.39, 0.29) is 29.8 Å². The fourth-order valence-electron chi connectivity index (χ4n) is 2.05. The van der Waals surface area contributed by atoms with Crippen LogP contribution in [0.15, 0.2) is 33.0 Å². The minimum absolute atomic E-state index is 0. The first-order valence-electron chi connectivity index (χ1n) is 7.45. The SMILES string of the molecule is CCNC(=NCc1cc(F)cc(Br)c1)NCCc1csc(C)n1.I. The summed E-state index contributed by atoms with van der Waals surface area (Å²) in [5.41, 5.74) is 1.91. The van der Waals surface area contributed by atoms with Gasteiger partial charge >= 0.3 is 0 Å². The lowest BCUT2D eigenvalue weighted by Gasteiger charge is -2.11. The Balaban J connectivity index is 0.00000288. The molecular weight excluding hydrogens is 506 g/mol. The van der Waals surface area contributed by atoms with Crippen LogP contribution in [-0.4, -0.2) is 24.0 Å². The lowest BCUT2D eigenvalue weighted by atomic mass is 10.2. The summed E-state index contributed by atoms with van der Waals surface area (Å²) in [6.45, 7) is 5.96. The highest BCUT2D eigenvalue weighted by molar-refractivity contribution is 14.0. The lowest BCUT2D eigenvalue weighted by Crippen LogP contribution is -2.38. The van der Waals surface area contributed by atoms with E-state index in [4.69, 9.17) is 0 Å². The monoisotopic (exact) mass is 526 g/mol. The molecule has 0 radical (unpaired) electrons. The Morgan fingerprint density at radius 3 is 2.75 bits per heavy atom. The van der Waals surface area contributed by atoms with Crippen molar-refractivity contribution in [3.8, 4) is 0 Å². The number of aryl methyl sites for hydroxylation is 1. The molecule has 1 aromatic heterocycles. The average molecular weight is 527 g/mol. The second-order valence-corrected chi connectivity index (χ2v) is 6.99. The van der Waals surface area contributed by atoms with Crippen LogP contribution >= 0.6 is 51.2 Å². The maximum Gasteiger partial charge on any atom is 0.191 e. The Kier molecular flexibility index (Phi) is 9.75. The molecule has 4 nitrogen and oxygen atoms in total. The Morgan fingerprint density at radius 2 is 2.12 bits per heavy atom. The molecule has 0 fully saturated rings. The molecule has 8 heteroatoms. The number of nitrogens with zero attached hydrogens (tertiary/aromatic N) is 2. The first-order valence-corrected chi connectivity index (χ1v) is 9.12. The van der Waals surface area contributed by atoms with Gasteiger partial charge in [0.25, 0.3) is 0 Å². The summed E-state index contributed by atoms with van der Waals surface area (Å²) >= 11 is 4.95. The van der Waals surface area contributed by atoms with Crippen LogP contribution in [0.1, 0.15) is 23.2 Å². The molecule has 0 amide bonds. The molecule has 132 valence electrons. The number of hydrogen-bond donors (Lipinski definition) is 2. The smallest absolute Gasteiger partial charge is 0.191 e. The van der Waals surface area contributed by atoms with E-state index in [2.05, 4.69) is 41.9 Å². The van der Waals surface area contributed by atoms with Gasteiger partial charge in [-0.1, -0.05) is 15.9 Å². The molecule has 0 aliphatic heterocycles. The summed E-state index contributed by atoms with van der Waals surface area (Å²) in [5, 5.41) is 9.62. The van der Waals surface area contributed by atoms with E-state index < -0.39 is 0 Å². The van der Waals surface area contributed by atoms with Crippen LogP contribution in [0.2, 0.25) is 0 Å². The number of hydrogen-bond acceptors (Lipinski definition) is 3. The van der Waals surface area contributed by atoms with Crippen LogP contribution in [0.3, 0.4) is 0 Å². The van der Waals surface area contributed by atoms with Crippen molar-refractivity contribution in [1.82, 2.24) is 15.6 Å². The fourth-order valence-corrected chi connectivity index (χ4v) is 3.21. The fraction of sp³-hybridized carbons (Fsp3) is 0.375. The molecule has 0 spiro atoms. The van der Waals surface area contributed by atoms with Gasteiger partial charge in [-0.25, -0.2) is 14.4 Å². The number of nitrogens with one attached hydrogen (secondary N) is 2. The van der Waals surface area contributed by atoms with Gasteiger partial charge in [0.05, 0.1) is 17.2 Å². The van der Waals surface area contributed by atoms with E-state index in [0.717, 1.165) is 46.2 Å². The van der Waals surface area contributed by atoms with E-state index in [1.54, 1.807) is 11.3 Å². The zero-order valence-corrected chi connectivity index (χ0v) is 18.3. The zero-order chi connectivity index (χ0) is 16.7. The summed E-state index contributed by atoms with van der Waals surface area (Å²) in [7, 11) is 0. The molecular formula is C16H21BrFIN4S. The van der Waals surface area contributed by atoms with Gasteiger partial charge in [-0.2, -0.15) is 0 Å². The maximum atomic E-state index is 13.4. The molecule has 0 saturated heterocycles. The minimum Gasteiger partial charge on any atom is -0.357 e. The predicted molar refractivity (Wildman–Crippen MR) is 113 cm³/mol. The van der Waals surface area contributed by atoms with Gasteiger partial charge in [-0.3, -0.25) is 0 Å². The molecule has 0 atom stereocenters. The largest absolute Gasteiger partial charge is 0.357 e. The second-order valence-electron chi connectivity index (χ2n) is 5.01. The van der Waals surface area contributed by atoms with Crippen LogP contribution in [0.4, 0.5) is 4.39 Å². The van der Waals surface area contributed by atoms with Gasteiger partial charge in [0, 0.05) is 29.4 Å². The number of aliphatic imine (C=N–C) groups is 1. The molecule has 0 saturated carbocycles. The zero-order valence-electron chi connectivity index (χ0n) is 13.6. The number of guanidine groups is 1. The molecule has 1 heterocycles. The van der Waals surface area contributed by atoms with Crippen molar-refractivity contribution in [3.05, 3.63) is 50.1 Å². The molecule has 0 aliphatic rings. The van der Waals surface area contributed by atoms with E-state index in [0.29, 0.717) is 6.54 Å². The van der Waals surface area contributed by atoms with Crippen LogP contribution < -0.4 is 10.6 Å². The van der Waals surface area contributed by atoms with Crippen molar-refractivity contribution >= 4 is 57.2 Å². The molecule has 2 N–H and O–H groups in total. The summed E-state index contributed by atoms with van der Waals surface area (Å²) in [4.78, 5) is 8.93. The number of benzene rings is 1. The highest BCUT2D eigenvalue weighted by Gasteiger charge is 2.02. The maximum absolute atomic E-state index is 13.4.